The van der Waals surface area contributed by atoms with Crippen LogP contribution in [0.3, 0.4) is 0 Å². The van der Waals surface area contributed by atoms with Crippen LogP contribution in [0.25, 0.3) is 0 Å². The van der Waals surface area contributed by atoms with Crippen LogP contribution in [0, 0.1) is 0 Å². The van der Waals surface area contributed by atoms with Gasteiger partial charge in [0, 0.05) is 33.4 Å². The van der Waals surface area contributed by atoms with E-state index in [0.29, 0.717) is 19.3 Å². The second-order valence-electron chi connectivity index (χ2n) is 5.35. The van der Waals surface area contributed by atoms with Crippen LogP contribution >= 0.6 is 0 Å². The lowest BCUT2D eigenvalue weighted by atomic mass is 10.1. The molecule has 1 unspecified atom stereocenters. The fraction of sp³-hybridized carbons (Fsp3) is 0.938. The molecule has 0 bridgehead atoms. The van der Waals surface area contributed by atoms with Gasteiger partial charge >= 0.3 is 0 Å². The number of guanidine groups is 1. The summed E-state index contributed by atoms with van der Waals surface area (Å²) in [5.74, 6) is 0.902. The van der Waals surface area contributed by atoms with Gasteiger partial charge in [0.05, 0.1) is 13.2 Å². The second-order valence-corrected chi connectivity index (χ2v) is 5.35. The molecule has 0 aliphatic carbocycles. The molecule has 21 heavy (non-hydrogen) atoms. The summed E-state index contributed by atoms with van der Waals surface area (Å²) in [6, 6.07) is 0.472. The van der Waals surface area contributed by atoms with Gasteiger partial charge in [0.2, 0.25) is 0 Å². The van der Waals surface area contributed by atoms with Crippen molar-refractivity contribution in [3.63, 3.8) is 0 Å². The standard InChI is InChI=1S/C16H35N3O2/c1-5-6-7-10-15(2)19-16(17-3)18-11-8-9-12-21-14-13-20-4/h15H,5-14H2,1-4H3,(H2,17,18,19). The zero-order valence-electron chi connectivity index (χ0n) is 14.4. The van der Waals surface area contributed by atoms with Crippen LogP contribution in [-0.4, -0.2) is 52.5 Å². The number of nitrogens with one attached hydrogen (secondary N) is 2. The molecule has 0 saturated carbocycles. The van der Waals surface area contributed by atoms with Crippen LogP contribution in [0.2, 0.25) is 0 Å². The molecule has 0 aliphatic heterocycles. The van der Waals surface area contributed by atoms with E-state index < -0.39 is 0 Å². The van der Waals surface area contributed by atoms with Crippen LogP contribution in [0.4, 0.5) is 0 Å². The maximum atomic E-state index is 5.43. The van der Waals surface area contributed by atoms with Crippen LogP contribution in [-0.2, 0) is 9.47 Å². The number of methoxy groups -OCH3 is 1. The average Bonchev–Trinajstić information content (AvgIpc) is 2.49. The first-order valence-electron chi connectivity index (χ1n) is 8.28. The van der Waals surface area contributed by atoms with Gasteiger partial charge in [0.25, 0.3) is 0 Å². The Hall–Kier alpha value is -0.810. The van der Waals surface area contributed by atoms with Crippen LogP contribution in [0.15, 0.2) is 4.99 Å². The number of nitrogens with zero attached hydrogens (tertiary/aromatic N) is 1. The predicted octanol–water partition coefficient (Wildman–Crippen LogP) is 2.56. The minimum Gasteiger partial charge on any atom is -0.382 e. The molecule has 2 N–H and O–H groups in total. The highest BCUT2D eigenvalue weighted by atomic mass is 16.5. The van der Waals surface area contributed by atoms with E-state index in [2.05, 4.69) is 29.5 Å². The summed E-state index contributed by atoms with van der Waals surface area (Å²) in [7, 11) is 3.51. The van der Waals surface area contributed by atoms with Gasteiger partial charge in [0.15, 0.2) is 5.96 Å². The fourth-order valence-electron chi connectivity index (χ4n) is 1.98. The number of hydrogen-bond donors (Lipinski definition) is 2. The third-order valence-corrected chi connectivity index (χ3v) is 3.29. The summed E-state index contributed by atoms with van der Waals surface area (Å²) < 4.78 is 10.4. The number of unbranched alkanes of at least 4 members (excludes halogenated alkanes) is 3. The van der Waals surface area contributed by atoms with Crippen molar-refractivity contribution in [3.8, 4) is 0 Å². The minimum absolute atomic E-state index is 0.472. The van der Waals surface area contributed by atoms with Crippen LogP contribution < -0.4 is 10.6 Å². The third-order valence-electron chi connectivity index (χ3n) is 3.29. The first kappa shape index (κ1) is 20.2. The van der Waals surface area contributed by atoms with Crippen molar-refractivity contribution >= 4 is 5.96 Å². The van der Waals surface area contributed by atoms with E-state index in [1.807, 2.05) is 7.05 Å². The van der Waals surface area contributed by atoms with E-state index in [9.17, 15) is 0 Å². The van der Waals surface area contributed by atoms with E-state index >= 15 is 0 Å². The minimum atomic E-state index is 0.472. The van der Waals surface area contributed by atoms with Crippen LogP contribution in [0.1, 0.15) is 52.4 Å². The molecule has 1 atom stereocenters. The number of hydrogen-bond acceptors (Lipinski definition) is 3. The Balaban J connectivity index is 3.53. The van der Waals surface area contributed by atoms with E-state index in [0.717, 1.165) is 32.0 Å². The summed E-state index contributed by atoms with van der Waals surface area (Å²) in [5.41, 5.74) is 0. The largest absolute Gasteiger partial charge is 0.382 e. The summed E-state index contributed by atoms with van der Waals surface area (Å²) in [4.78, 5) is 4.26. The van der Waals surface area contributed by atoms with E-state index in [1.54, 1.807) is 7.11 Å². The quantitative estimate of drug-likeness (QED) is 0.312. The summed E-state index contributed by atoms with van der Waals surface area (Å²) in [6.45, 7) is 7.52. The Kier molecular flexibility index (Phi) is 15.0. The Morgan fingerprint density at radius 1 is 1.10 bits per heavy atom. The van der Waals surface area contributed by atoms with E-state index in [1.165, 1.54) is 25.7 Å². The molecular formula is C16H35N3O2. The molecule has 5 heteroatoms. The topological polar surface area (TPSA) is 54.9 Å². The first-order chi connectivity index (χ1) is 10.2. The highest BCUT2D eigenvalue weighted by molar-refractivity contribution is 5.79. The Morgan fingerprint density at radius 2 is 1.90 bits per heavy atom. The molecule has 0 aliphatic rings. The lowest BCUT2D eigenvalue weighted by Crippen LogP contribution is -2.42. The number of aliphatic imine (C=N–C) groups is 1. The zero-order valence-corrected chi connectivity index (χ0v) is 14.4. The Labute approximate surface area is 130 Å². The molecular weight excluding hydrogens is 266 g/mol. The zero-order chi connectivity index (χ0) is 15.8. The molecule has 0 spiro atoms. The number of rotatable bonds is 13. The maximum Gasteiger partial charge on any atom is 0.191 e. The first-order valence-corrected chi connectivity index (χ1v) is 8.28. The molecule has 0 aromatic carbocycles. The monoisotopic (exact) mass is 301 g/mol. The molecule has 0 rings (SSSR count). The second kappa shape index (κ2) is 15.6. The molecule has 0 aromatic rings. The summed E-state index contributed by atoms with van der Waals surface area (Å²) in [6.07, 6.45) is 7.19. The average molecular weight is 301 g/mol. The Bertz CT molecular complexity index is 248. The van der Waals surface area contributed by atoms with Crippen molar-refractivity contribution in [2.45, 2.75) is 58.4 Å². The molecule has 0 amide bonds. The lowest BCUT2D eigenvalue weighted by molar-refractivity contribution is 0.0689. The predicted molar refractivity (Wildman–Crippen MR) is 90.0 cm³/mol. The molecule has 0 saturated heterocycles. The van der Waals surface area contributed by atoms with Gasteiger partial charge in [-0.05, 0) is 26.2 Å². The third kappa shape index (κ3) is 13.9. The van der Waals surface area contributed by atoms with Crippen molar-refractivity contribution in [2.24, 2.45) is 4.99 Å². The van der Waals surface area contributed by atoms with Gasteiger partial charge < -0.3 is 20.1 Å². The van der Waals surface area contributed by atoms with Gasteiger partial charge in [-0.15, -0.1) is 0 Å². The van der Waals surface area contributed by atoms with E-state index in [4.69, 9.17) is 9.47 Å². The van der Waals surface area contributed by atoms with Gasteiger partial charge in [0.1, 0.15) is 0 Å². The van der Waals surface area contributed by atoms with Gasteiger partial charge in [-0.25, -0.2) is 0 Å². The highest BCUT2D eigenvalue weighted by Crippen LogP contribution is 2.02. The number of ether oxygens (including phenoxy) is 2. The van der Waals surface area contributed by atoms with Crippen molar-refractivity contribution in [1.82, 2.24) is 10.6 Å². The lowest BCUT2D eigenvalue weighted by Gasteiger charge is -2.17. The fourth-order valence-corrected chi connectivity index (χ4v) is 1.98. The van der Waals surface area contributed by atoms with Gasteiger partial charge in [-0.3, -0.25) is 4.99 Å². The maximum absolute atomic E-state index is 5.43. The summed E-state index contributed by atoms with van der Waals surface area (Å²) in [5, 5.41) is 6.79. The smallest absolute Gasteiger partial charge is 0.191 e. The van der Waals surface area contributed by atoms with Crippen molar-refractivity contribution in [3.05, 3.63) is 0 Å². The van der Waals surface area contributed by atoms with Crippen molar-refractivity contribution in [1.29, 1.82) is 0 Å². The normalized spacial score (nSPS) is 13.2. The Morgan fingerprint density at radius 3 is 2.57 bits per heavy atom. The van der Waals surface area contributed by atoms with Crippen molar-refractivity contribution in [2.75, 3.05) is 40.5 Å². The molecule has 0 radical (unpaired) electrons. The van der Waals surface area contributed by atoms with Crippen LogP contribution in [0.5, 0.6) is 0 Å². The molecule has 5 nitrogen and oxygen atoms in total. The van der Waals surface area contributed by atoms with Crippen molar-refractivity contribution < 1.29 is 9.47 Å². The van der Waals surface area contributed by atoms with Gasteiger partial charge in [-0.1, -0.05) is 26.2 Å². The molecule has 0 heterocycles. The molecule has 126 valence electrons. The molecule has 0 fully saturated rings. The molecule has 0 aromatic heterocycles. The highest BCUT2D eigenvalue weighted by Gasteiger charge is 2.04. The SMILES string of the molecule is CCCCCC(C)NC(=NC)NCCCCOCCOC. The van der Waals surface area contributed by atoms with E-state index in [-0.39, 0.29) is 0 Å². The summed E-state index contributed by atoms with van der Waals surface area (Å²) >= 11 is 0. The van der Waals surface area contributed by atoms with Gasteiger partial charge in [-0.2, -0.15) is 0 Å².